The SMILES string of the molecule is COc1ccc(-c2ccc(F)cc2Cc2nc3c(cnn3C3CCC(C)(F)CC3)c(=O)[nH]2)cc1. The number of methoxy groups -OCH3 is 1. The fourth-order valence-corrected chi connectivity index (χ4v) is 4.72. The topological polar surface area (TPSA) is 72.8 Å². The summed E-state index contributed by atoms with van der Waals surface area (Å²) in [4.78, 5) is 20.3. The van der Waals surface area contributed by atoms with E-state index in [1.54, 1.807) is 24.8 Å². The lowest BCUT2D eigenvalue weighted by Gasteiger charge is -2.31. The van der Waals surface area contributed by atoms with Gasteiger partial charge in [0.2, 0.25) is 0 Å². The first-order valence-electron chi connectivity index (χ1n) is 11.4. The second-order valence-corrected chi connectivity index (χ2v) is 9.19. The van der Waals surface area contributed by atoms with E-state index in [9.17, 15) is 13.6 Å². The van der Waals surface area contributed by atoms with Gasteiger partial charge in [-0.05, 0) is 73.6 Å². The molecule has 176 valence electrons. The summed E-state index contributed by atoms with van der Waals surface area (Å²) >= 11 is 0. The molecule has 0 bridgehead atoms. The minimum absolute atomic E-state index is 0.00694. The van der Waals surface area contributed by atoms with Crippen LogP contribution in [0.1, 0.15) is 50.0 Å². The second kappa shape index (κ2) is 8.66. The molecule has 4 aromatic rings. The maximum absolute atomic E-state index is 14.3. The molecule has 5 rings (SSSR count). The molecule has 0 saturated heterocycles. The van der Waals surface area contributed by atoms with Crippen LogP contribution in [0.25, 0.3) is 22.2 Å². The van der Waals surface area contributed by atoms with E-state index in [0.717, 1.165) is 16.9 Å². The predicted octanol–water partition coefficient (Wildman–Crippen LogP) is 5.37. The molecule has 2 aromatic carbocycles. The highest BCUT2D eigenvalue weighted by Crippen LogP contribution is 2.37. The minimum Gasteiger partial charge on any atom is -0.497 e. The first kappa shape index (κ1) is 22.3. The Kier molecular flexibility index (Phi) is 5.67. The van der Waals surface area contributed by atoms with Gasteiger partial charge in [-0.15, -0.1) is 0 Å². The molecule has 0 atom stereocenters. The van der Waals surface area contributed by atoms with E-state index in [2.05, 4.69) is 10.1 Å². The molecular formula is C26H26F2N4O2. The zero-order valence-corrected chi connectivity index (χ0v) is 19.1. The van der Waals surface area contributed by atoms with E-state index in [4.69, 9.17) is 9.72 Å². The Morgan fingerprint density at radius 1 is 1.18 bits per heavy atom. The number of aromatic nitrogens is 4. The van der Waals surface area contributed by atoms with Crippen molar-refractivity contribution >= 4 is 11.0 Å². The molecule has 0 unspecified atom stereocenters. The summed E-state index contributed by atoms with van der Waals surface area (Å²) < 4.78 is 35.4. The first-order chi connectivity index (χ1) is 16.3. The van der Waals surface area contributed by atoms with Crippen LogP contribution < -0.4 is 10.3 Å². The number of rotatable bonds is 5. The monoisotopic (exact) mass is 464 g/mol. The van der Waals surface area contributed by atoms with Gasteiger partial charge in [-0.3, -0.25) is 4.79 Å². The van der Waals surface area contributed by atoms with E-state index in [1.165, 1.54) is 18.3 Å². The molecule has 6 nitrogen and oxygen atoms in total. The first-order valence-corrected chi connectivity index (χ1v) is 11.4. The van der Waals surface area contributed by atoms with Crippen molar-refractivity contribution in [2.24, 2.45) is 0 Å². The van der Waals surface area contributed by atoms with Gasteiger partial charge in [-0.1, -0.05) is 18.2 Å². The van der Waals surface area contributed by atoms with Crippen molar-refractivity contribution in [2.75, 3.05) is 7.11 Å². The van der Waals surface area contributed by atoms with Crippen LogP contribution in [0.2, 0.25) is 0 Å². The van der Waals surface area contributed by atoms with Crippen molar-refractivity contribution in [3.8, 4) is 16.9 Å². The van der Waals surface area contributed by atoms with Crippen LogP contribution in [0, 0.1) is 5.82 Å². The van der Waals surface area contributed by atoms with Crippen LogP contribution in [0.3, 0.4) is 0 Å². The highest BCUT2D eigenvalue weighted by molar-refractivity contribution is 5.73. The van der Waals surface area contributed by atoms with Crippen LogP contribution in [0.5, 0.6) is 5.75 Å². The van der Waals surface area contributed by atoms with E-state index < -0.39 is 5.67 Å². The predicted molar refractivity (Wildman–Crippen MR) is 126 cm³/mol. The molecule has 1 fully saturated rings. The summed E-state index contributed by atoms with van der Waals surface area (Å²) in [6.45, 7) is 1.63. The molecule has 0 spiro atoms. The van der Waals surface area contributed by atoms with Crippen LogP contribution in [-0.2, 0) is 6.42 Å². The summed E-state index contributed by atoms with van der Waals surface area (Å²) in [6.07, 6.45) is 3.92. The summed E-state index contributed by atoms with van der Waals surface area (Å²) in [7, 11) is 1.60. The minimum atomic E-state index is -1.16. The van der Waals surface area contributed by atoms with E-state index in [1.807, 2.05) is 24.3 Å². The quantitative estimate of drug-likeness (QED) is 0.431. The number of aromatic amines is 1. The van der Waals surface area contributed by atoms with Gasteiger partial charge < -0.3 is 9.72 Å². The van der Waals surface area contributed by atoms with Gasteiger partial charge in [0.15, 0.2) is 5.65 Å². The number of nitrogens with one attached hydrogen (secondary N) is 1. The number of hydrogen-bond acceptors (Lipinski definition) is 4. The Balaban J connectivity index is 1.51. The lowest BCUT2D eigenvalue weighted by atomic mass is 9.85. The highest BCUT2D eigenvalue weighted by atomic mass is 19.1. The van der Waals surface area contributed by atoms with Gasteiger partial charge in [-0.2, -0.15) is 5.10 Å². The van der Waals surface area contributed by atoms with E-state index >= 15 is 0 Å². The third-order valence-corrected chi connectivity index (χ3v) is 6.68. The number of H-pyrrole nitrogens is 1. The molecule has 1 aliphatic rings. The maximum atomic E-state index is 14.3. The van der Waals surface area contributed by atoms with Crippen molar-refractivity contribution in [3.05, 3.63) is 76.2 Å². The Hall–Kier alpha value is -3.55. The van der Waals surface area contributed by atoms with Crippen LogP contribution in [0.15, 0.2) is 53.5 Å². The van der Waals surface area contributed by atoms with Gasteiger partial charge in [0.25, 0.3) is 5.56 Å². The molecule has 0 radical (unpaired) electrons. The third kappa shape index (κ3) is 4.32. The lowest BCUT2D eigenvalue weighted by Crippen LogP contribution is -2.28. The van der Waals surface area contributed by atoms with Gasteiger partial charge >= 0.3 is 0 Å². The van der Waals surface area contributed by atoms with Crippen molar-refractivity contribution < 1.29 is 13.5 Å². The maximum Gasteiger partial charge on any atom is 0.262 e. The molecule has 2 aromatic heterocycles. The van der Waals surface area contributed by atoms with Crippen molar-refractivity contribution in [1.82, 2.24) is 19.7 Å². The van der Waals surface area contributed by atoms with Gasteiger partial charge in [0, 0.05) is 6.42 Å². The molecule has 1 N–H and O–H groups in total. The second-order valence-electron chi connectivity index (χ2n) is 9.19. The lowest BCUT2D eigenvalue weighted by molar-refractivity contribution is 0.103. The van der Waals surface area contributed by atoms with E-state index in [0.29, 0.717) is 48.1 Å². The Morgan fingerprint density at radius 2 is 1.91 bits per heavy atom. The van der Waals surface area contributed by atoms with Gasteiger partial charge in [-0.25, -0.2) is 18.4 Å². The Bertz CT molecular complexity index is 1380. The molecular weight excluding hydrogens is 438 g/mol. The van der Waals surface area contributed by atoms with Crippen LogP contribution in [0.4, 0.5) is 8.78 Å². The fraction of sp³-hybridized carbons (Fsp3) is 0.346. The number of fused-ring (bicyclic) bond motifs is 1. The summed E-state index contributed by atoms with van der Waals surface area (Å²) in [6, 6.07) is 12.1. The summed E-state index contributed by atoms with van der Waals surface area (Å²) in [5, 5.41) is 4.81. The zero-order chi connectivity index (χ0) is 23.9. The third-order valence-electron chi connectivity index (χ3n) is 6.68. The van der Waals surface area contributed by atoms with Gasteiger partial charge in [0.05, 0.1) is 19.3 Å². The number of benzene rings is 2. The number of alkyl halides is 1. The molecule has 1 aliphatic carbocycles. The van der Waals surface area contributed by atoms with Crippen molar-refractivity contribution in [3.63, 3.8) is 0 Å². The average molecular weight is 465 g/mol. The van der Waals surface area contributed by atoms with Crippen LogP contribution >= 0.6 is 0 Å². The normalized spacial score (nSPS) is 20.5. The Morgan fingerprint density at radius 3 is 2.62 bits per heavy atom. The average Bonchev–Trinajstić information content (AvgIpc) is 3.24. The fourth-order valence-electron chi connectivity index (χ4n) is 4.72. The van der Waals surface area contributed by atoms with Crippen molar-refractivity contribution in [2.45, 2.75) is 50.7 Å². The highest BCUT2D eigenvalue weighted by Gasteiger charge is 2.32. The van der Waals surface area contributed by atoms with E-state index in [-0.39, 0.29) is 23.8 Å². The summed E-state index contributed by atoms with van der Waals surface area (Å²) in [5.41, 5.74) is 1.47. The molecule has 0 amide bonds. The molecule has 0 aliphatic heterocycles. The number of ether oxygens (including phenoxy) is 1. The molecule has 2 heterocycles. The smallest absolute Gasteiger partial charge is 0.262 e. The standard InChI is InChI=1S/C26H26F2N4O2/c1-26(28)11-9-19(10-12-26)32-24-22(15-29-32)25(33)31-23(30-24)14-17-13-18(27)5-8-21(17)16-3-6-20(34-2)7-4-16/h3-8,13,15,19H,9-12,14H2,1-2H3,(H,30,31,33). The van der Waals surface area contributed by atoms with Crippen LogP contribution in [-0.4, -0.2) is 32.5 Å². The number of nitrogens with zero attached hydrogens (tertiary/aromatic N) is 3. The zero-order valence-electron chi connectivity index (χ0n) is 19.1. The summed E-state index contributed by atoms with van der Waals surface area (Å²) in [5.74, 6) is 0.788. The largest absolute Gasteiger partial charge is 0.497 e. The van der Waals surface area contributed by atoms with Crippen molar-refractivity contribution in [1.29, 1.82) is 0 Å². The number of hydrogen-bond donors (Lipinski definition) is 1. The van der Waals surface area contributed by atoms with Gasteiger partial charge in [0.1, 0.15) is 28.4 Å². The number of halogens is 2. The molecule has 1 saturated carbocycles. The Labute approximate surface area is 195 Å². The molecule has 34 heavy (non-hydrogen) atoms. The molecule has 8 heteroatoms.